The summed E-state index contributed by atoms with van der Waals surface area (Å²) >= 11 is 0. The predicted molar refractivity (Wildman–Crippen MR) is 107 cm³/mol. The van der Waals surface area contributed by atoms with E-state index in [1.807, 2.05) is 30.3 Å². The summed E-state index contributed by atoms with van der Waals surface area (Å²) in [6.45, 7) is 13.3. The second kappa shape index (κ2) is 9.30. The molecule has 27 heavy (non-hydrogen) atoms. The van der Waals surface area contributed by atoms with Crippen molar-refractivity contribution in [3.8, 4) is 0 Å². The van der Waals surface area contributed by atoms with Crippen LogP contribution in [0.3, 0.4) is 0 Å². The van der Waals surface area contributed by atoms with Gasteiger partial charge in [0.2, 0.25) is 14.5 Å². The van der Waals surface area contributed by atoms with E-state index in [9.17, 15) is 9.18 Å². The number of halogens is 1. The van der Waals surface area contributed by atoms with Gasteiger partial charge in [-0.15, -0.1) is 0 Å². The van der Waals surface area contributed by atoms with Crippen LogP contribution in [0.4, 0.5) is 4.39 Å². The number of ether oxygens (including phenoxy) is 2. The summed E-state index contributed by atoms with van der Waals surface area (Å²) in [5, 5.41) is 0. The van der Waals surface area contributed by atoms with Crippen molar-refractivity contribution in [2.75, 3.05) is 6.61 Å². The Bertz CT molecular complexity index is 584. The average molecular weight is 397 g/mol. The fraction of sp³-hybridized carbons (Fsp3) is 0.667. The van der Waals surface area contributed by atoms with E-state index in [2.05, 4.69) is 41.5 Å². The van der Waals surface area contributed by atoms with Crippen LogP contribution in [0.5, 0.6) is 0 Å². The van der Waals surface area contributed by atoms with Crippen LogP contribution in [-0.2, 0) is 25.3 Å². The van der Waals surface area contributed by atoms with E-state index in [1.54, 1.807) is 0 Å². The summed E-state index contributed by atoms with van der Waals surface area (Å²) in [4.78, 5) is 11.9. The summed E-state index contributed by atoms with van der Waals surface area (Å²) in [5.74, 6) is -0.840. The molecule has 1 aliphatic heterocycles. The van der Waals surface area contributed by atoms with Gasteiger partial charge in [0.25, 0.3) is 0 Å². The molecule has 0 aromatic heterocycles. The van der Waals surface area contributed by atoms with Crippen molar-refractivity contribution >= 4 is 14.3 Å². The Morgan fingerprint density at radius 1 is 1.04 bits per heavy atom. The van der Waals surface area contributed by atoms with Crippen LogP contribution in [-0.4, -0.2) is 39.3 Å². The molecule has 152 valence electrons. The lowest BCUT2D eigenvalue weighted by molar-refractivity contribution is -0.147. The van der Waals surface area contributed by atoms with Gasteiger partial charge in [0.05, 0.1) is 13.2 Å². The minimum absolute atomic E-state index is 0.129. The summed E-state index contributed by atoms with van der Waals surface area (Å²) in [7, 11) is -2.34. The monoisotopic (exact) mass is 396 g/mol. The van der Waals surface area contributed by atoms with E-state index in [-0.39, 0.29) is 6.61 Å². The molecule has 0 unspecified atom stereocenters. The molecule has 3 atom stereocenters. The quantitative estimate of drug-likeness (QED) is 0.434. The Hall–Kier alpha value is -1.24. The fourth-order valence-electron chi connectivity index (χ4n) is 4.38. The summed E-state index contributed by atoms with van der Waals surface area (Å²) in [6, 6.07) is 9.73. The number of esters is 1. The molecular formula is C21H33FO4Si. The van der Waals surface area contributed by atoms with Crippen LogP contribution in [0, 0.1) is 0 Å². The molecule has 0 N–H and O–H groups in total. The number of hydrogen-bond acceptors (Lipinski definition) is 4. The molecule has 1 saturated heterocycles. The first kappa shape index (κ1) is 22.1. The summed E-state index contributed by atoms with van der Waals surface area (Å²) in [6.07, 6.45) is -3.36. The zero-order valence-electron chi connectivity index (χ0n) is 17.3. The average Bonchev–Trinajstić information content (AvgIpc) is 2.86. The van der Waals surface area contributed by atoms with E-state index >= 15 is 0 Å². The Balaban J connectivity index is 2.12. The zero-order chi connectivity index (χ0) is 20.2. The van der Waals surface area contributed by atoms with Crippen molar-refractivity contribution < 1.29 is 23.1 Å². The maximum absolute atomic E-state index is 14.7. The molecule has 0 radical (unpaired) electrons. The van der Waals surface area contributed by atoms with Crippen LogP contribution < -0.4 is 0 Å². The van der Waals surface area contributed by atoms with Crippen molar-refractivity contribution in [1.82, 2.24) is 0 Å². The van der Waals surface area contributed by atoms with Gasteiger partial charge in [0, 0.05) is 0 Å². The molecule has 1 heterocycles. The second-order valence-corrected chi connectivity index (χ2v) is 13.7. The van der Waals surface area contributed by atoms with Crippen LogP contribution in [0.25, 0.3) is 0 Å². The van der Waals surface area contributed by atoms with Gasteiger partial charge in [-0.1, -0.05) is 71.9 Å². The minimum Gasteiger partial charge on any atom is -0.455 e. The Labute approximate surface area is 163 Å². The summed E-state index contributed by atoms with van der Waals surface area (Å²) in [5.41, 5.74) is 1.91. The van der Waals surface area contributed by atoms with Gasteiger partial charge in [-0.3, -0.25) is 0 Å². The fourth-order valence-corrected chi connectivity index (χ4v) is 9.94. The third-order valence-corrected chi connectivity index (χ3v) is 11.7. The van der Waals surface area contributed by atoms with Crippen LogP contribution >= 0.6 is 0 Å². The predicted octanol–water partition coefficient (Wildman–Crippen LogP) is 5.03. The molecule has 6 heteroatoms. The van der Waals surface area contributed by atoms with Gasteiger partial charge in [-0.25, -0.2) is 9.18 Å². The molecule has 1 aromatic rings. The molecular weight excluding hydrogens is 363 g/mol. The van der Waals surface area contributed by atoms with E-state index in [0.717, 1.165) is 5.56 Å². The summed E-state index contributed by atoms with van der Waals surface area (Å²) < 4.78 is 32.2. The number of benzene rings is 1. The normalized spacial score (nSPS) is 23.5. The highest BCUT2D eigenvalue weighted by Crippen LogP contribution is 2.44. The number of hydrogen-bond donors (Lipinski definition) is 0. The third-order valence-electron chi connectivity index (χ3n) is 5.59. The van der Waals surface area contributed by atoms with E-state index in [0.29, 0.717) is 23.2 Å². The lowest BCUT2D eigenvalue weighted by Crippen LogP contribution is -2.53. The molecule has 2 rings (SSSR count). The Kier molecular flexibility index (Phi) is 7.60. The van der Waals surface area contributed by atoms with E-state index in [1.165, 1.54) is 0 Å². The number of carbonyl (C=O) groups excluding carboxylic acids is 1. The van der Waals surface area contributed by atoms with Crippen LogP contribution in [0.2, 0.25) is 16.6 Å². The van der Waals surface area contributed by atoms with Crippen molar-refractivity contribution in [2.45, 2.75) is 83.2 Å². The Morgan fingerprint density at radius 2 is 1.59 bits per heavy atom. The highest BCUT2D eigenvalue weighted by Gasteiger charge is 2.54. The maximum atomic E-state index is 14.7. The highest BCUT2D eigenvalue weighted by molar-refractivity contribution is 6.77. The van der Waals surface area contributed by atoms with Gasteiger partial charge in [0.15, 0.2) is 6.10 Å². The van der Waals surface area contributed by atoms with Crippen molar-refractivity contribution in [3.63, 3.8) is 0 Å². The minimum atomic E-state index is -2.34. The molecule has 0 spiro atoms. The second-order valence-electron chi connectivity index (χ2n) is 8.28. The molecule has 4 nitrogen and oxygen atoms in total. The molecule has 1 fully saturated rings. The number of cyclic esters (lactones) is 1. The van der Waals surface area contributed by atoms with E-state index in [4.69, 9.17) is 13.9 Å². The van der Waals surface area contributed by atoms with E-state index < -0.39 is 32.7 Å². The van der Waals surface area contributed by atoms with Gasteiger partial charge < -0.3 is 13.9 Å². The zero-order valence-corrected chi connectivity index (χ0v) is 18.3. The van der Waals surface area contributed by atoms with Crippen molar-refractivity contribution in [2.24, 2.45) is 0 Å². The number of rotatable bonds is 9. The van der Waals surface area contributed by atoms with Gasteiger partial charge in [-0.2, -0.15) is 0 Å². The topological polar surface area (TPSA) is 44.8 Å². The first-order valence-electron chi connectivity index (χ1n) is 9.84. The van der Waals surface area contributed by atoms with Gasteiger partial charge in [-0.05, 0) is 22.2 Å². The molecule has 1 aromatic carbocycles. The number of carbonyl (C=O) groups is 1. The smallest absolute Gasteiger partial charge is 0.344 e. The van der Waals surface area contributed by atoms with Gasteiger partial charge >= 0.3 is 5.97 Å². The molecule has 0 aliphatic carbocycles. The van der Waals surface area contributed by atoms with Gasteiger partial charge in [0.1, 0.15) is 6.10 Å². The molecule has 0 saturated carbocycles. The first-order valence-corrected chi connectivity index (χ1v) is 12.0. The van der Waals surface area contributed by atoms with Crippen LogP contribution in [0.15, 0.2) is 30.3 Å². The molecule has 0 bridgehead atoms. The first-order chi connectivity index (χ1) is 12.7. The SMILES string of the molecule is CC(C)[Si](O[C@H]1[C@@H](COCc2ccccc2)OC(=O)[C@@H]1F)(C(C)C)C(C)C. The van der Waals surface area contributed by atoms with Crippen LogP contribution in [0.1, 0.15) is 47.1 Å². The molecule has 0 amide bonds. The molecule has 1 aliphatic rings. The Morgan fingerprint density at radius 3 is 2.11 bits per heavy atom. The number of alkyl halides is 1. The largest absolute Gasteiger partial charge is 0.455 e. The van der Waals surface area contributed by atoms with Crippen molar-refractivity contribution in [3.05, 3.63) is 35.9 Å². The third kappa shape index (κ3) is 4.79. The standard InChI is InChI=1S/C21H33FO4Si/c1-14(2)27(15(3)4,16(5)6)26-20-18(25-21(23)19(20)22)13-24-12-17-10-8-7-9-11-17/h7-11,14-16,18-20H,12-13H2,1-6H3/t18-,19-,20+/m1/s1. The lowest BCUT2D eigenvalue weighted by Gasteiger charge is -2.44. The maximum Gasteiger partial charge on any atom is 0.344 e. The van der Waals surface area contributed by atoms with Crippen molar-refractivity contribution in [1.29, 1.82) is 0 Å². The lowest BCUT2D eigenvalue weighted by atomic mass is 10.2. The highest BCUT2D eigenvalue weighted by atomic mass is 28.4.